The van der Waals surface area contributed by atoms with Gasteiger partial charge in [0.05, 0.1) is 37.9 Å². The lowest BCUT2D eigenvalue weighted by atomic mass is 10.1. The van der Waals surface area contributed by atoms with Crippen LogP contribution in [0.5, 0.6) is 17.2 Å². The van der Waals surface area contributed by atoms with Gasteiger partial charge in [-0.2, -0.15) is 9.78 Å². The molecular formula is C26H30BrN3O6. The van der Waals surface area contributed by atoms with Crippen molar-refractivity contribution in [3.8, 4) is 17.2 Å². The summed E-state index contributed by atoms with van der Waals surface area (Å²) in [6.45, 7) is 7.58. The van der Waals surface area contributed by atoms with Crippen LogP contribution in [0.1, 0.15) is 51.4 Å². The summed E-state index contributed by atoms with van der Waals surface area (Å²) >= 11 is 3.42. The monoisotopic (exact) mass is 559 g/mol. The lowest BCUT2D eigenvalue weighted by Gasteiger charge is -2.18. The zero-order valence-electron chi connectivity index (χ0n) is 21.2. The SMILES string of the molecule is CCOC(=O)[C@H](C)Oc1c(OC)cc(C=Nn2c([C@H](C)CC)nc3ccc(Br)cc3c2=O)cc1OC. The molecule has 0 saturated heterocycles. The molecule has 0 amide bonds. The minimum Gasteiger partial charge on any atom is -0.493 e. The van der Waals surface area contributed by atoms with E-state index < -0.39 is 12.1 Å². The van der Waals surface area contributed by atoms with Crippen LogP contribution in [-0.2, 0) is 9.53 Å². The number of rotatable bonds is 10. The number of ether oxygens (including phenoxy) is 4. The Hall–Kier alpha value is -3.40. The van der Waals surface area contributed by atoms with Gasteiger partial charge in [0.2, 0.25) is 5.75 Å². The quantitative estimate of drug-likeness (QED) is 0.257. The molecule has 0 aliphatic carbocycles. The summed E-state index contributed by atoms with van der Waals surface area (Å²) < 4.78 is 23.9. The molecule has 0 saturated carbocycles. The van der Waals surface area contributed by atoms with Gasteiger partial charge in [0.1, 0.15) is 5.82 Å². The van der Waals surface area contributed by atoms with Crippen LogP contribution in [0.4, 0.5) is 0 Å². The van der Waals surface area contributed by atoms with Crippen molar-refractivity contribution in [1.29, 1.82) is 0 Å². The zero-order valence-corrected chi connectivity index (χ0v) is 22.8. The van der Waals surface area contributed by atoms with Crippen molar-refractivity contribution in [2.75, 3.05) is 20.8 Å². The van der Waals surface area contributed by atoms with Gasteiger partial charge in [-0.1, -0.05) is 29.8 Å². The van der Waals surface area contributed by atoms with Crippen LogP contribution >= 0.6 is 15.9 Å². The number of hydrogen-bond acceptors (Lipinski definition) is 8. The average Bonchev–Trinajstić information content (AvgIpc) is 2.88. The predicted molar refractivity (Wildman–Crippen MR) is 142 cm³/mol. The number of esters is 1. The number of nitrogens with zero attached hydrogens (tertiary/aromatic N) is 3. The lowest BCUT2D eigenvalue weighted by Crippen LogP contribution is -2.26. The van der Waals surface area contributed by atoms with Crippen LogP contribution in [-0.4, -0.2) is 48.8 Å². The fourth-order valence-corrected chi connectivity index (χ4v) is 3.84. The summed E-state index contributed by atoms with van der Waals surface area (Å²) in [5.74, 6) is 0.999. The van der Waals surface area contributed by atoms with Crippen molar-refractivity contribution in [1.82, 2.24) is 9.66 Å². The van der Waals surface area contributed by atoms with E-state index in [0.717, 1.165) is 10.9 Å². The molecule has 36 heavy (non-hydrogen) atoms. The molecule has 0 radical (unpaired) electrons. The van der Waals surface area contributed by atoms with Gasteiger partial charge in [0.15, 0.2) is 17.6 Å². The first-order chi connectivity index (χ1) is 17.2. The largest absolute Gasteiger partial charge is 0.493 e. The Morgan fingerprint density at radius 2 is 1.81 bits per heavy atom. The topological polar surface area (TPSA) is 101 Å². The Labute approximate surface area is 218 Å². The summed E-state index contributed by atoms with van der Waals surface area (Å²) in [7, 11) is 2.96. The molecule has 0 unspecified atom stereocenters. The van der Waals surface area contributed by atoms with E-state index in [1.165, 1.54) is 25.1 Å². The minimum atomic E-state index is -0.869. The van der Waals surface area contributed by atoms with E-state index in [2.05, 4.69) is 21.0 Å². The highest BCUT2D eigenvalue weighted by Gasteiger charge is 2.22. The number of aromatic nitrogens is 2. The second kappa shape index (κ2) is 12.0. The molecule has 192 valence electrons. The molecule has 0 bridgehead atoms. The first-order valence-corrected chi connectivity index (χ1v) is 12.4. The second-order valence-corrected chi connectivity index (χ2v) is 8.98. The molecular weight excluding hydrogens is 530 g/mol. The number of hydrogen-bond donors (Lipinski definition) is 0. The first kappa shape index (κ1) is 27.2. The van der Waals surface area contributed by atoms with Gasteiger partial charge in [-0.15, -0.1) is 0 Å². The van der Waals surface area contributed by atoms with Crippen LogP contribution in [0.3, 0.4) is 0 Å². The van der Waals surface area contributed by atoms with Crippen molar-refractivity contribution >= 4 is 39.0 Å². The number of fused-ring (bicyclic) bond motifs is 1. The van der Waals surface area contributed by atoms with E-state index in [1.807, 2.05) is 26.0 Å². The highest BCUT2D eigenvalue weighted by molar-refractivity contribution is 9.10. The summed E-state index contributed by atoms with van der Waals surface area (Å²) in [6, 6.07) is 8.76. The van der Waals surface area contributed by atoms with E-state index in [-0.39, 0.29) is 23.8 Å². The molecule has 0 spiro atoms. The smallest absolute Gasteiger partial charge is 0.347 e. The molecule has 1 aromatic heterocycles. The highest BCUT2D eigenvalue weighted by Crippen LogP contribution is 2.39. The lowest BCUT2D eigenvalue weighted by molar-refractivity contribution is -0.150. The van der Waals surface area contributed by atoms with Gasteiger partial charge < -0.3 is 18.9 Å². The minimum absolute atomic E-state index is 0.00658. The molecule has 0 aliphatic rings. The van der Waals surface area contributed by atoms with Gasteiger partial charge in [-0.25, -0.2) is 9.78 Å². The number of methoxy groups -OCH3 is 2. The van der Waals surface area contributed by atoms with Gasteiger partial charge in [-0.3, -0.25) is 4.79 Å². The van der Waals surface area contributed by atoms with Crippen molar-refractivity contribution in [2.24, 2.45) is 5.10 Å². The highest BCUT2D eigenvalue weighted by atomic mass is 79.9. The summed E-state index contributed by atoms with van der Waals surface area (Å²) in [5, 5.41) is 4.95. The Balaban J connectivity index is 2.07. The third kappa shape index (κ3) is 5.87. The van der Waals surface area contributed by atoms with Gasteiger partial charge in [-0.05, 0) is 50.6 Å². The summed E-state index contributed by atoms with van der Waals surface area (Å²) in [4.78, 5) is 30.1. The first-order valence-electron chi connectivity index (χ1n) is 11.6. The molecule has 0 fully saturated rings. The predicted octanol–water partition coefficient (Wildman–Crippen LogP) is 4.90. The van der Waals surface area contributed by atoms with Crippen LogP contribution in [0.2, 0.25) is 0 Å². The molecule has 3 rings (SSSR count). The number of halogens is 1. The van der Waals surface area contributed by atoms with Crippen molar-refractivity contribution in [3.63, 3.8) is 0 Å². The van der Waals surface area contributed by atoms with Crippen LogP contribution < -0.4 is 19.8 Å². The summed E-state index contributed by atoms with van der Waals surface area (Å²) in [5.41, 5.74) is 0.941. The van der Waals surface area contributed by atoms with Gasteiger partial charge >= 0.3 is 5.97 Å². The van der Waals surface area contributed by atoms with Crippen LogP contribution in [0, 0.1) is 0 Å². The maximum atomic E-state index is 13.4. The standard InChI is InChI=1S/C26H30BrN3O6/c1-7-15(3)24-29-20-10-9-18(27)13-19(20)25(31)30(24)28-14-17-11-21(33-5)23(22(12-17)34-6)36-16(4)26(32)35-8-2/h9-16H,7-8H2,1-6H3/t15-,16+/m1/s1. The van der Waals surface area contributed by atoms with E-state index in [1.54, 1.807) is 32.0 Å². The third-order valence-corrected chi connectivity index (χ3v) is 6.10. The Morgan fingerprint density at radius 3 is 2.39 bits per heavy atom. The molecule has 9 nitrogen and oxygen atoms in total. The van der Waals surface area contributed by atoms with E-state index in [4.69, 9.17) is 23.9 Å². The molecule has 10 heteroatoms. The molecule has 3 aromatic rings. The maximum Gasteiger partial charge on any atom is 0.347 e. The fraction of sp³-hybridized carbons (Fsp3) is 0.385. The van der Waals surface area contributed by atoms with Crippen LogP contribution in [0.15, 0.2) is 44.7 Å². The molecule has 1 heterocycles. The summed E-state index contributed by atoms with van der Waals surface area (Å²) in [6.07, 6.45) is 1.45. The van der Waals surface area contributed by atoms with E-state index in [9.17, 15) is 9.59 Å². The van der Waals surface area contributed by atoms with E-state index in [0.29, 0.717) is 33.8 Å². The Kier molecular flexibility index (Phi) is 9.08. The Bertz CT molecular complexity index is 1310. The van der Waals surface area contributed by atoms with Gasteiger partial charge in [0.25, 0.3) is 5.56 Å². The van der Waals surface area contributed by atoms with Crippen molar-refractivity contribution < 1.29 is 23.7 Å². The second-order valence-electron chi connectivity index (χ2n) is 8.07. The normalized spacial score (nSPS) is 13.0. The van der Waals surface area contributed by atoms with Gasteiger partial charge in [0, 0.05) is 16.0 Å². The maximum absolute atomic E-state index is 13.4. The van der Waals surface area contributed by atoms with Crippen LogP contribution in [0.25, 0.3) is 10.9 Å². The van der Waals surface area contributed by atoms with Crippen molar-refractivity contribution in [3.05, 3.63) is 56.5 Å². The fourth-order valence-electron chi connectivity index (χ4n) is 3.48. The number of benzene rings is 2. The average molecular weight is 560 g/mol. The number of carbonyl (C=O) groups excluding carboxylic acids is 1. The molecule has 2 atom stereocenters. The third-order valence-electron chi connectivity index (χ3n) is 5.60. The Morgan fingerprint density at radius 1 is 1.14 bits per heavy atom. The molecule has 0 N–H and O–H groups in total. The zero-order chi connectivity index (χ0) is 26.4. The van der Waals surface area contributed by atoms with E-state index >= 15 is 0 Å². The van der Waals surface area contributed by atoms with Crippen molar-refractivity contribution in [2.45, 2.75) is 46.1 Å². The molecule has 2 aromatic carbocycles. The number of carbonyl (C=O) groups is 1. The molecule has 0 aliphatic heterocycles.